The monoisotopic (exact) mass is 207 g/mol. The van der Waals surface area contributed by atoms with Gasteiger partial charge in [0.15, 0.2) is 11.5 Å². The summed E-state index contributed by atoms with van der Waals surface area (Å²) in [6, 6.07) is -1.21. The molecule has 0 fully saturated rings. The molecule has 74 valence electrons. The fourth-order valence-electron chi connectivity index (χ4n) is 0.696. The maximum absolute atomic E-state index is 7.62. The predicted molar refractivity (Wildman–Crippen MR) is 54.8 cm³/mol. The average Bonchev–Trinajstić information content (AvgIpc) is 2.29. The Kier molecular flexibility index (Phi) is 3.29. The second-order valence-corrected chi connectivity index (χ2v) is 2.00. The molecule has 0 aliphatic heterocycles. The van der Waals surface area contributed by atoms with Crippen LogP contribution in [0.2, 0.25) is 0 Å². The highest BCUT2D eigenvalue weighted by molar-refractivity contribution is 5.85. The second-order valence-electron chi connectivity index (χ2n) is 2.00. The van der Waals surface area contributed by atoms with Crippen LogP contribution in [-0.4, -0.2) is 20.3 Å². The number of halogens is 1. The molecule has 1 aromatic rings. The average molecular weight is 208 g/mol. The lowest BCUT2D eigenvalue weighted by Gasteiger charge is -2.08. The molecular weight excluding hydrogens is 190 g/mol. The van der Waals surface area contributed by atoms with Crippen molar-refractivity contribution in [1.29, 1.82) is 0 Å². The normalized spacial score (nSPS) is 13.1. The van der Waals surface area contributed by atoms with Crippen molar-refractivity contribution in [3.8, 4) is 11.5 Å². The van der Waals surface area contributed by atoms with E-state index in [1.54, 1.807) is 0 Å². The van der Waals surface area contributed by atoms with Crippen LogP contribution in [0.4, 0.5) is 0 Å². The molecule has 4 heteroatoms. The van der Waals surface area contributed by atoms with Crippen molar-refractivity contribution in [2.75, 3.05) is 20.3 Å². The van der Waals surface area contributed by atoms with Crippen molar-refractivity contribution >= 4 is 12.4 Å². The van der Waals surface area contributed by atoms with Gasteiger partial charge in [-0.2, -0.15) is 0 Å². The largest absolute Gasteiger partial charge is 0.493 e. The molecule has 0 aliphatic carbocycles. The summed E-state index contributed by atoms with van der Waals surface area (Å²) in [6.07, 6.45) is 0. The number of hydrogen-bond acceptors (Lipinski definition) is 3. The van der Waals surface area contributed by atoms with E-state index in [4.69, 9.17) is 20.7 Å². The highest BCUT2D eigenvalue weighted by Gasteiger charge is 2.00. The van der Waals surface area contributed by atoms with E-state index in [-0.39, 0.29) is 61.2 Å². The van der Waals surface area contributed by atoms with Crippen LogP contribution >= 0.6 is 12.4 Å². The quantitative estimate of drug-likeness (QED) is 0.813. The molecule has 0 bridgehead atoms. The van der Waals surface area contributed by atoms with E-state index >= 15 is 0 Å². The third-order valence-electron chi connectivity index (χ3n) is 1.19. The van der Waals surface area contributed by atoms with Gasteiger partial charge in [0.25, 0.3) is 0 Å². The SMILES string of the molecule is Cl.[2H]c1c([2H])c([2H])c(OCCN)c(OC)c1[2H]. The molecule has 0 atom stereocenters. The van der Waals surface area contributed by atoms with Gasteiger partial charge in [0.05, 0.1) is 12.6 Å². The Labute approximate surface area is 89.9 Å². The van der Waals surface area contributed by atoms with Crippen LogP contribution in [0.3, 0.4) is 0 Å². The first-order valence-corrected chi connectivity index (χ1v) is 3.51. The zero-order chi connectivity index (χ0) is 12.3. The van der Waals surface area contributed by atoms with Gasteiger partial charge in [-0.3, -0.25) is 0 Å². The molecule has 1 aromatic carbocycles. The van der Waals surface area contributed by atoms with E-state index in [0.717, 1.165) is 0 Å². The van der Waals surface area contributed by atoms with E-state index < -0.39 is 0 Å². The first-order valence-electron chi connectivity index (χ1n) is 5.51. The number of hydrogen-bond donors (Lipinski definition) is 1. The Morgan fingerprint density at radius 1 is 1.38 bits per heavy atom. The Hall–Kier alpha value is -0.930. The number of methoxy groups -OCH3 is 1. The molecule has 0 heterocycles. The summed E-state index contributed by atoms with van der Waals surface area (Å²) < 4.78 is 40.2. The summed E-state index contributed by atoms with van der Waals surface area (Å²) in [7, 11) is 1.32. The molecule has 0 saturated carbocycles. The summed E-state index contributed by atoms with van der Waals surface area (Å²) in [4.78, 5) is 0. The summed E-state index contributed by atoms with van der Waals surface area (Å²) in [6.45, 7) is 0.421. The summed E-state index contributed by atoms with van der Waals surface area (Å²) in [5.74, 6) is -0.00148. The van der Waals surface area contributed by atoms with Gasteiger partial charge in [-0.1, -0.05) is 12.1 Å². The van der Waals surface area contributed by atoms with Gasteiger partial charge in [0, 0.05) is 6.54 Å². The van der Waals surface area contributed by atoms with Crippen molar-refractivity contribution in [2.45, 2.75) is 0 Å². The van der Waals surface area contributed by atoms with Crippen molar-refractivity contribution in [3.63, 3.8) is 0 Å². The topological polar surface area (TPSA) is 44.5 Å². The summed E-state index contributed by atoms with van der Waals surface area (Å²) in [5.41, 5.74) is 5.27. The smallest absolute Gasteiger partial charge is 0.161 e. The molecule has 13 heavy (non-hydrogen) atoms. The maximum atomic E-state index is 7.62. The standard InChI is InChI=1S/C9H13NO2.ClH/c1-11-8-4-2-3-5-9(8)12-7-6-10;/h2-5H,6-7,10H2,1H3;1H/i2D,3D,4D,5D;. The fraction of sp³-hybridized carbons (Fsp3) is 0.333. The number of benzene rings is 1. The summed E-state index contributed by atoms with van der Waals surface area (Å²) in [5, 5.41) is 0. The minimum absolute atomic E-state index is 0. The second kappa shape index (κ2) is 6.57. The van der Waals surface area contributed by atoms with Gasteiger partial charge in [0.1, 0.15) is 6.61 Å². The molecule has 0 aromatic heterocycles. The van der Waals surface area contributed by atoms with Gasteiger partial charge in [-0.25, -0.2) is 0 Å². The van der Waals surface area contributed by atoms with Crippen molar-refractivity contribution in [2.24, 2.45) is 5.73 Å². The number of nitrogens with two attached hydrogens (primary N) is 1. The van der Waals surface area contributed by atoms with Crippen LogP contribution in [0.1, 0.15) is 5.48 Å². The number of rotatable bonds is 4. The Morgan fingerprint density at radius 2 is 2.00 bits per heavy atom. The molecule has 2 N–H and O–H groups in total. The third kappa shape index (κ3) is 3.53. The van der Waals surface area contributed by atoms with Gasteiger partial charge < -0.3 is 15.2 Å². The third-order valence-corrected chi connectivity index (χ3v) is 1.19. The molecule has 0 saturated heterocycles. The lowest BCUT2D eigenvalue weighted by Crippen LogP contribution is -2.10. The van der Waals surface area contributed by atoms with Crippen LogP contribution in [-0.2, 0) is 0 Å². The van der Waals surface area contributed by atoms with Gasteiger partial charge in [-0.05, 0) is 12.1 Å². The zero-order valence-corrected chi connectivity index (χ0v) is 8.03. The van der Waals surface area contributed by atoms with Crippen LogP contribution < -0.4 is 15.2 Å². The van der Waals surface area contributed by atoms with Gasteiger partial charge >= 0.3 is 0 Å². The molecular formula is C9H14ClNO2. The minimum atomic E-state index is -0.349. The molecule has 1 rings (SSSR count). The Balaban J connectivity index is 0.00000256. The van der Waals surface area contributed by atoms with Crippen molar-refractivity contribution < 1.29 is 15.0 Å². The Bertz CT molecular complexity index is 403. The predicted octanol–water partition coefficient (Wildman–Crippen LogP) is 1.45. The van der Waals surface area contributed by atoms with Crippen molar-refractivity contribution in [3.05, 3.63) is 24.2 Å². The van der Waals surface area contributed by atoms with E-state index in [0.29, 0.717) is 0 Å². The highest BCUT2D eigenvalue weighted by atomic mass is 35.5. The lowest BCUT2D eigenvalue weighted by atomic mass is 10.3. The van der Waals surface area contributed by atoms with Crippen LogP contribution in [0.15, 0.2) is 24.2 Å². The summed E-state index contributed by atoms with van der Waals surface area (Å²) >= 11 is 0. The lowest BCUT2D eigenvalue weighted by molar-refractivity contribution is 0.302. The Morgan fingerprint density at radius 3 is 2.54 bits per heavy atom. The molecule has 0 amide bonds. The zero-order valence-electron chi connectivity index (χ0n) is 11.2. The van der Waals surface area contributed by atoms with Crippen LogP contribution in [0, 0.1) is 0 Å². The first-order chi connectivity index (χ1) is 7.54. The minimum Gasteiger partial charge on any atom is -0.493 e. The maximum Gasteiger partial charge on any atom is 0.161 e. The molecule has 3 nitrogen and oxygen atoms in total. The number of para-hydroxylation sites is 2. The van der Waals surface area contributed by atoms with E-state index in [2.05, 4.69) is 0 Å². The van der Waals surface area contributed by atoms with E-state index in [1.165, 1.54) is 7.11 Å². The van der Waals surface area contributed by atoms with Gasteiger partial charge in [-0.15, -0.1) is 12.4 Å². The highest BCUT2D eigenvalue weighted by Crippen LogP contribution is 2.25. The number of ether oxygens (including phenoxy) is 2. The molecule has 0 spiro atoms. The van der Waals surface area contributed by atoms with E-state index in [9.17, 15) is 0 Å². The molecule has 0 radical (unpaired) electrons. The van der Waals surface area contributed by atoms with Crippen molar-refractivity contribution in [1.82, 2.24) is 0 Å². The molecule has 0 aliphatic rings. The first kappa shape index (κ1) is 6.51. The molecule has 0 unspecified atom stereocenters. The van der Waals surface area contributed by atoms with Gasteiger partial charge in [0.2, 0.25) is 0 Å². The van der Waals surface area contributed by atoms with E-state index in [1.807, 2.05) is 0 Å². The fourth-order valence-corrected chi connectivity index (χ4v) is 0.696. The van der Waals surface area contributed by atoms with Crippen LogP contribution in [0.5, 0.6) is 11.5 Å². The van der Waals surface area contributed by atoms with Crippen LogP contribution in [0.25, 0.3) is 0 Å².